The number of H-pyrrole nitrogens is 2. The lowest BCUT2D eigenvalue weighted by atomic mass is 10.0. The maximum absolute atomic E-state index is 15.0. The summed E-state index contributed by atoms with van der Waals surface area (Å²) in [4.78, 5) is 59.0. The van der Waals surface area contributed by atoms with E-state index in [0.717, 1.165) is 33.5 Å². The first-order valence-corrected chi connectivity index (χ1v) is 19.0. The zero-order valence-corrected chi connectivity index (χ0v) is 31.6. The van der Waals surface area contributed by atoms with Gasteiger partial charge in [0.15, 0.2) is 6.10 Å². The molecule has 3 amide bonds. The number of hydrogen-bond donors (Lipinski definition) is 3. The molecule has 14 heteroatoms. The van der Waals surface area contributed by atoms with Gasteiger partial charge in [-0.05, 0) is 47.8 Å². The molecule has 2 aromatic heterocycles. The minimum atomic E-state index is -1.24. The van der Waals surface area contributed by atoms with Crippen LogP contribution in [0.15, 0.2) is 91.3 Å². The van der Waals surface area contributed by atoms with E-state index >= 15 is 4.39 Å². The Bertz CT molecular complexity index is 2140. The Morgan fingerprint density at radius 3 is 1.64 bits per heavy atom. The summed E-state index contributed by atoms with van der Waals surface area (Å²) in [5.74, 6) is 0.331. The molecule has 7 rings (SSSR count). The number of aromatic amines is 2. The first-order chi connectivity index (χ1) is 27.0. The van der Waals surface area contributed by atoms with Crippen LogP contribution < -0.4 is 5.73 Å². The molecular weight excluding hydrogens is 719 g/mol. The first-order valence-electron chi connectivity index (χ1n) is 19.0. The molecule has 0 spiro atoms. The van der Waals surface area contributed by atoms with E-state index in [9.17, 15) is 18.8 Å². The molecule has 5 aromatic rings. The molecule has 0 aliphatic carbocycles. The maximum Gasteiger partial charge on any atom is 0.405 e. The summed E-state index contributed by atoms with van der Waals surface area (Å²) in [5.41, 5.74) is 11.2. The molecule has 4 N–H and O–H groups in total. The summed E-state index contributed by atoms with van der Waals surface area (Å²) < 4.78 is 34.3. The van der Waals surface area contributed by atoms with E-state index in [1.807, 2.05) is 92.7 Å². The number of likely N-dealkylation sites (N-methyl/N-ethyl adjacent to an activating group) is 1. The molecular formula is C42H46F2N8O4. The Labute approximate surface area is 324 Å². The average molecular weight is 765 g/mol. The van der Waals surface area contributed by atoms with Crippen molar-refractivity contribution >= 4 is 17.9 Å². The number of likely N-dealkylation sites (tertiary alicyclic amines) is 2. The molecule has 0 radical (unpaired) electrons. The number of ether oxygens (including phenoxy) is 1. The van der Waals surface area contributed by atoms with Gasteiger partial charge in [-0.2, -0.15) is 0 Å². The number of benzene rings is 3. The Hall–Kier alpha value is -5.89. The number of nitrogens with zero attached hydrogens (tertiary/aromatic N) is 5. The molecule has 2 aliphatic heterocycles. The number of aromatic nitrogens is 4. The highest BCUT2D eigenvalue weighted by atomic mass is 19.1. The van der Waals surface area contributed by atoms with Crippen molar-refractivity contribution in [3.63, 3.8) is 0 Å². The minimum absolute atomic E-state index is 0.0215. The largest absolute Gasteiger partial charge is 0.437 e. The lowest BCUT2D eigenvalue weighted by Gasteiger charge is -2.34. The van der Waals surface area contributed by atoms with Gasteiger partial charge in [0.05, 0.1) is 49.0 Å². The zero-order chi connectivity index (χ0) is 39.5. The monoisotopic (exact) mass is 764 g/mol. The van der Waals surface area contributed by atoms with Crippen LogP contribution in [0.1, 0.15) is 69.0 Å². The zero-order valence-electron chi connectivity index (χ0n) is 31.6. The molecule has 12 nitrogen and oxygen atoms in total. The summed E-state index contributed by atoms with van der Waals surface area (Å²) in [6.45, 7) is 6.71. The van der Waals surface area contributed by atoms with Gasteiger partial charge < -0.3 is 30.2 Å². The van der Waals surface area contributed by atoms with Gasteiger partial charge in [-0.25, -0.2) is 23.5 Å². The number of nitrogens with one attached hydrogen (secondary N) is 2. The van der Waals surface area contributed by atoms with Crippen molar-refractivity contribution in [3.05, 3.63) is 108 Å². The summed E-state index contributed by atoms with van der Waals surface area (Å²) in [6.07, 6.45) is -0.984. The Morgan fingerprint density at radius 1 is 0.750 bits per heavy atom. The molecule has 292 valence electrons. The Morgan fingerprint density at radius 2 is 1.20 bits per heavy atom. The fraction of sp³-hybridized carbons (Fsp3) is 0.357. The third-order valence-electron chi connectivity index (χ3n) is 10.8. The van der Waals surface area contributed by atoms with Crippen molar-refractivity contribution in [2.45, 2.75) is 70.2 Å². The van der Waals surface area contributed by atoms with Gasteiger partial charge in [0, 0.05) is 12.8 Å². The van der Waals surface area contributed by atoms with Crippen LogP contribution in [-0.2, 0) is 14.3 Å². The smallest absolute Gasteiger partial charge is 0.405 e. The van der Waals surface area contributed by atoms with Gasteiger partial charge in [-0.3, -0.25) is 14.5 Å². The molecule has 2 fully saturated rings. The third-order valence-corrected chi connectivity index (χ3v) is 10.8. The highest BCUT2D eigenvalue weighted by Crippen LogP contribution is 2.38. The van der Waals surface area contributed by atoms with Crippen LogP contribution >= 0.6 is 0 Å². The SMILES string of the molecule is CCN(CC)C(C(=O)N1CC(F)CC1c1ncc(-c2ccc(-c3ccc(-c4cnc([C@@H]5C[C@H](F)CN5C(=O)[C@H](C)OC(N)=O)[nH]4)cc3)cc2)[nH]1)c1ccccc1. The second kappa shape index (κ2) is 16.5. The van der Waals surface area contributed by atoms with Gasteiger partial charge in [0.25, 0.3) is 5.91 Å². The van der Waals surface area contributed by atoms with Gasteiger partial charge in [-0.15, -0.1) is 0 Å². The van der Waals surface area contributed by atoms with Gasteiger partial charge in [0.2, 0.25) is 5.91 Å². The van der Waals surface area contributed by atoms with E-state index in [0.29, 0.717) is 30.4 Å². The van der Waals surface area contributed by atoms with E-state index in [2.05, 4.69) is 24.8 Å². The summed E-state index contributed by atoms with van der Waals surface area (Å²) >= 11 is 0. The average Bonchev–Trinajstić information content (AvgIpc) is 4.03. The molecule has 2 aliphatic rings. The van der Waals surface area contributed by atoms with Crippen molar-refractivity contribution in [3.8, 4) is 33.6 Å². The topological polar surface area (TPSA) is 154 Å². The normalized spacial score (nSPS) is 20.7. The summed E-state index contributed by atoms with van der Waals surface area (Å²) in [6, 6.07) is 23.9. The van der Waals surface area contributed by atoms with Gasteiger partial charge in [0.1, 0.15) is 30.0 Å². The van der Waals surface area contributed by atoms with Crippen LogP contribution in [-0.4, -0.2) is 97.2 Å². The molecule has 0 bridgehead atoms. The fourth-order valence-electron chi connectivity index (χ4n) is 7.91. The van der Waals surface area contributed by atoms with Crippen molar-refractivity contribution < 1.29 is 27.9 Å². The van der Waals surface area contributed by atoms with Crippen molar-refractivity contribution in [1.29, 1.82) is 0 Å². The Balaban J connectivity index is 1.03. The number of imidazole rings is 2. The molecule has 2 saturated heterocycles. The van der Waals surface area contributed by atoms with Crippen LogP contribution in [0, 0.1) is 0 Å². The third kappa shape index (κ3) is 7.92. The fourth-order valence-corrected chi connectivity index (χ4v) is 7.91. The molecule has 56 heavy (non-hydrogen) atoms. The molecule has 3 unspecified atom stereocenters. The Kier molecular flexibility index (Phi) is 11.3. The van der Waals surface area contributed by atoms with Gasteiger partial charge in [-0.1, -0.05) is 92.7 Å². The molecule has 0 saturated carbocycles. The van der Waals surface area contributed by atoms with Crippen LogP contribution in [0.2, 0.25) is 0 Å². The van der Waals surface area contributed by atoms with Crippen LogP contribution in [0.3, 0.4) is 0 Å². The van der Waals surface area contributed by atoms with Crippen LogP contribution in [0.5, 0.6) is 0 Å². The van der Waals surface area contributed by atoms with E-state index in [-0.39, 0.29) is 31.8 Å². The minimum Gasteiger partial charge on any atom is -0.437 e. The number of rotatable bonds is 12. The predicted octanol–water partition coefficient (Wildman–Crippen LogP) is 6.92. The van der Waals surface area contributed by atoms with Crippen molar-refractivity contribution in [2.75, 3.05) is 26.2 Å². The van der Waals surface area contributed by atoms with Crippen molar-refractivity contribution in [2.24, 2.45) is 5.73 Å². The number of halogens is 2. The van der Waals surface area contributed by atoms with E-state index in [1.54, 1.807) is 17.3 Å². The number of carbonyl (C=O) groups excluding carboxylic acids is 3. The molecule has 3 aromatic carbocycles. The standard InChI is InChI=1S/C42H46F2N8O4/c1-4-50(5-2)37(30-9-7-6-8-10-30)41(54)52-24-32(44)20-36(52)39-47-22-34(49-39)29-17-13-27(14-18-29)26-11-15-28(16-12-26)33-21-46-38(48-33)35-19-31(43)23-51(35)40(53)25(3)56-42(45)55/h6-18,21-22,25,31-32,35-37H,4-5,19-20,23-24H2,1-3H3,(H2,45,55)(H,46,48)(H,47,49)/t25-,31-,32?,35-,36?,37?/m0/s1. The van der Waals surface area contributed by atoms with Crippen LogP contribution in [0.4, 0.5) is 13.6 Å². The number of nitrogens with two attached hydrogens (primary N) is 1. The first kappa shape index (κ1) is 38.4. The predicted molar refractivity (Wildman–Crippen MR) is 207 cm³/mol. The second-order valence-electron chi connectivity index (χ2n) is 14.3. The number of amides is 3. The number of alkyl halides is 2. The van der Waals surface area contributed by atoms with E-state index in [1.165, 1.54) is 11.8 Å². The maximum atomic E-state index is 15.0. The number of carbonyl (C=O) groups is 3. The highest BCUT2D eigenvalue weighted by molar-refractivity contribution is 5.84. The summed E-state index contributed by atoms with van der Waals surface area (Å²) in [7, 11) is 0. The molecule has 6 atom stereocenters. The second-order valence-corrected chi connectivity index (χ2v) is 14.3. The molecule has 4 heterocycles. The highest BCUT2D eigenvalue weighted by Gasteiger charge is 2.42. The van der Waals surface area contributed by atoms with Gasteiger partial charge >= 0.3 is 6.09 Å². The number of hydrogen-bond acceptors (Lipinski definition) is 7. The quantitative estimate of drug-likeness (QED) is 0.125. The van der Waals surface area contributed by atoms with Crippen LogP contribution in [0.25, 0.3) is 33.6 Å². The van der Waals surface area contributed by atoms with E-state index in [4.69, 9.17) is 10.5 Å². The lowest BCUT2D eigenvalue weighted by molar-refractivity contribution is -0.140. The lowest BCUT2D eigenvalue weighted by Crippen LogP contribution is -2.43. The van der Waals surface area contributed by atoms with E-state index < -0.39 is 48.6 Å². The van der Waals surface area contributed by atoms with Crippen molar-refractivity contribution in [1.82, 2.24) is 34.6 Å². The summed E-state index contributed by atoms with van der Waals surface area (Å²) in [5, 5.41) is 0. The number of primary amides is 1.